The molecule has 2 heterocycles. The summed E-state index contributed by atoms with van der Waals surface area (Å²) in [5, 5.41) is 5.50. The lowest BCUT2D eigenvalue weighted by molar-refractivity contribution is 0.0933. The van der Waals surface area contributed by atoms with E-state index in [1.807, 2.05) is 115 Å². The van der Waals surface area contributed by atoms with Crippen LogP contribution in [0.5, 0.6) is 5.75 Å². The molecule has 0 bridgehead atoms. The molecular weight excluding hydrogens is 522 g/mol. The number of hydrogen-bond donors (Lipinski definition) is 1. The van der Waals surface area contributed by atoms with E-state index in [4.69, 9.17) is 9.72 Å². The quantitative estimate of drug-likeness (QED) is 0.206. The fraction of sp³-hybridized carbons (Fsp3) is 0.139. The molecule has 0 fully saturated rings. The summed E-state index contributed by atoms with van der Waals surface area (Å²) in [4.78, 5) is 32.3. The summed E-state index contributed by atoms with van der Waals surface area (Å²) in [6.45, 7) is 2.54. The molecule has 0 aliphatic carbocycles. The Morgan fingerprint density at radius 3 is 2.26 bits per heavy atom. The fourth-order valence-corrected chi connectivity index (χ4v) is 5.34. The second kappa shape index (κ2) is 12.1. The summed E-state index contributed by atoms with van der Waals surface area (Å²) in [6.07, 6.45) is 2.51. The largest absolute Gasteiger partial charge is 0.489 e. The van der Waals surface area contributed by atoms with Crippen LogP contribution >= 0.6 is 0 Å². The fourth-order valence-electron chi connectivity index (χ4n) is 5.34. The minimum atomic E-state index is -0.237. The van der Waals surface area contributed by atoms with Gasteiger partial charge >= 0.3 is 0 Å². The maximum absolute atomic E-state index is 14.2. The van der Waals surface area contributed by atoms with Gasteiger partial charge in [-0.05, 0) is 35.6 Å². The number of nitrogens with one attached hydrogen (secondary N) is 1. The van der Waals surface area contributed by atoms with Crippen molar-refractivity contribution in [1.82, 2.24) is 14.9 Å². The van der Waals surface area contributed by atoms with Gasteiger partial charge in [-0.25, -0.2) is 4.98 Å². The highest BCUT2D eigenvalue weighted by molar-refractivity contribution is 6.10. The molecule has 6 aromatic rings. The first-order valence-electron chi connectivity index (χ1n) is 14.2. The molecule has 0 radical (unpaired) electrons. The predicted molar refractivity (Wildman–Crippen MR) is 168 cm³/mol. The number of nitrogens with zero attached hydrogens (tertiary/aromatic N) is 2. The number of rotatable bonds is 9. The summed E-state index contributed by atoms with van der Waals surface area (Å²) in [6, 6.07) is 36.6. The summed E-state index contributed by atoms with van der Waals surface area (Å²) < 4.78 is 8.10. The monoisotopic (exact) mass is 553 g/mol. The first-order chi connectivity index (χ1) is 20.6. The number of amides is 1. The second-order valence-electron chi connectivity index (χ2n) is 10.1. The van der Waals surface area contributed by atoms with Crippen molar-refractivity contribution in [2.24, 2.45) is 0 Å². The van der Waals surface area contributed by atoms with Gasteiger partial charge in [0.2, 0.25) is 0 Å². The minimum absolute atomic E-state index is 0.0803. The molecule has 0 saturated heterocycles. The molecule has 4 aromatic carbocycles. The van der Waals surface area contributed by atoms with E-state index in [1.54, 1.807) is 10.8 Å². The molecule has 0 aliphatic rings. The van der Waals surface area contributed by atoms with Crippen molar-refractivity contribution >= 4 is 27.6 Å². The molecule has 0 saturated carbocycles. The Labute approximate surface area is 244 Å². The van der Waals surface area contributed by atoms with Crippen molar-refractivity contribution in [3.63, 3.8) is 0 Å². The average Bonchev–Trinajstić information content (AvgIpc) is 3.05. The second-order valence-corrected chi connectivity index (χ2v) is 10.1. The Morgan fingerprint density at radius 1 is 0.833 bits per heavy atom. The van der Waals surface area contributed by atoms with Crippen molar-refractivity contribution in [3.8, 4) is 17.0 Å². The standard InChI is InChI=1S/C36H31N3O3/c1-2-30(26-14-5-3-6-15-26)38-35(40)32-29-19-11-12-20-31(29)37-33(27-16-7-4-8-17-27)34(32)42-24-23-39-22-21-25-13-9-10-18-28(25)36(39)41/h3-22,30H,2,23-24H2,1H3,(H,38,40). The Hall–Kier alpha value is -5.23. The number of ether oxygens (including phenoxy) is 1. The molecule has 1 amide bonds. The summed E-state index contributed by atoms with van der Waals surface area (Å²) in [7, 11) is 0. The molecule has 6 nitrogen and oxygen atoms in total. The van der Waals surface area contributed by atoms with Gasteiger partial charge in [0.1, 0.15) is 12.3 Å². The van der Waals surface area contributed by atoms with Crippen LogP contribution in [0.2, 0.25) is 0 Å². The smallest absolute Gasteiger partial charge is 0.258 e. The highest BCUT2D eigenvalue weighted by atomic mass is 16.5. The van der Waals surface area contributed by atoms with E-state index in [0.717, 1.165) is 22.9 Å². The van der Waals surface area contributed by atoms with Gasteiger partial charge in [0.05, 0.1) is 23.7 Å². The number of benzene rings is 4. The Bertz CT molecular complexity index is 1920. The number of carbonyl (C=O) groups is 1. The Balaban J connectivity index is 1.42. The van der Waals surface area contributed by atoms with E-state index in [2.05, 4.69) is 12.2 Å². The summed E-state index contributed by atoms with van der Waals surface area (Å²) >= 11 is 0. The van der Waals surface area contributed by atoms with Crippen LogP contribution in [-0.4, -0.2) is 22.1 Å². The molecule has 208 valence electrons. The number of hydrogen-bond acceptors (Lipinski definition) is 4. The highest BCUT2D eigenvalue weighted by Crippen LogP contribution is 2.37. The Kier molecular flexibility index (Phi) is 7.77. The van der Waals surface area contributed by atoms with Gasteiger partial charge in [-0.1, -0.05) is 104 Å². The number of fused-ring (bicyclic) bond motifs is 2. The number of para-hydroxylation sites is 1. The number of pyridine rings is 2. The SMILES string of the molecule is CCC(NC(=O)c1c(OCCn2ccc3ccccc3c2=O)c(-c2ccccc2)nc2ccccc12)c1ccccc1. The van der Waals surface area contributed by atoms with E-state index < -0.39 is 0 Å². The third-order valence-corrected chi connectivity index (χ3v) is 7.50. The molecule has 1 unspecified atom stereocenters. The predicted octanol–water partition coefficient (Wildman–Crippen LogP) is 7.18. The summed E-state index contributed by atoms with van der Waals surface area (Å²) in [5.74, 6) is 0.161. The van der Waals surface area contributed by atoms with Crippen LogP contribution in [0, 0.1) is 0 Å². The van der Waals surface area contributed by atoms with Crippen LogP contribution < -0.4 is 15.6 Å². The van der Waals surface area contributed by atoms with Crippen molar-refractivity contribution < 1.29 is 9.53 Å². The van der Waals surface area contributed by atoms with Crippen molar-refractivity contribution in [1.29, 1.82) is 0 Å². The molecule has 6 heteroatoms. The van der Waals surface area contributed by atoms with Crippen molar-refractivity contribution in [2.75, 3.05) is 6.61 Å². The van der Waals surface area contributed by atoms with Crippen LogP contribution in [0.1, 0.15) is 35.3 Å². The van der Waals surface area contributed by atoms with E-state index >= 15 is 0 Å². The topological polar surface area (TPSA) is 73.2 Å². The molecule has 1 atom stereocenters. The number of aromatic nitrogens is 2. The first-order valence-corrected chi connectivity index (χ1v) is 14.2. The van der Waals surface area contributed by atoms with Crippen molar-refractivity contribution in [3.05, 3.63) is 143 Å². The third-order valence-electron chi connectivity index (χ3n) is 7.50. The van der Waals surface area contributed by atoms with Gasteiger partial charge in [-0.3, -0.25) is 9.59 Å². The average molecular weight is 554 g/mol. The zero-order valence-electron chi connectivity index (χ0n) is 23.4. The molecule has 1 N–H and O–H groups in total. The zero-order chi connectivity index (χ0) is 28.9. The van der Waals surface area contributed by atoms with Gasteiger partial charge in [0.25, 0.3) is 11.5 Å². The van der Waals surface area contributed by atoms with Crippen LogP contribution in [0.25, 0.3) is 32.9 Å². The summed E-state index contributed by atoms with van der Waals surface area (Å²) in [5.41, 5.74) is 3.51. The normalized spacial score (nSPS) is 11.8. The van der Waals surface area contributed by atoms with Gasteiger partial charge in [0, 0.05) is 22.5 Å². The number of carbonyl (C=O) groups excluding carboxylic acids is 1. The van der Waals surface area contributed by atoms with Crippen LogP contribution in [0.3, 0.4) is 0 Å². The van der Waals surface area contributed by atoms with Crippen LogP contribution in [0.4, 0.5) is 0 Å². The third kappa shape index (κ3) is 5.39. The molecule has 6 rings (SSSR count). The lowest BCUT2D eigenvalue weighted by Gasteiger charge is -2.21. The van der Waals surface area contributed by atoms with Gasteiger partial charge < -0.3 is 14.6 Å². The minimum Gasteiger partial charge on any atom is -0.489 e. The van der Waals surface area contributed by atoms with Gasteiger partial charge in [0.15, 0.2) is 5.75 Å². The first kappa shape index (κ1) is 27.0. The van der Waals surface area contributed by atoms with Crippen LogP contribution in [0.15, 0.2) is 126 Å². The lowest BCUT2D eigenvalue weighted by atomic mass is 10.00. The van der Waals surface area contributed by atoms with Crippen LogP contribution in [-0.2, 0) is 6.54 Å². The van der Waals surface area contributed by atoms with Gasteiger partial charge in [-0.15, -0.1) is 0 Å². The maximum atomic E-state index is 14.2. The van der Waals surface area contributed by atoms with E-state index in [0.29, 0.717) is 39.8 Å². The maximum Gasteiger partial charge on any atom is 0.258 e. The molecule has 0 spiro atoms. The highest BCUT2D eigenvalue weighted by Gasteiger charge is 2.25. The van der Waals surface area contributed by atoms with Crippen molar-refractivity contribution in [2.45, 2.75) is 25.9 Å². The molecular formula is C36H31N3O3. The Morgan fingerprint density at radius 2 is 1.50 bits per heavy atom. The van der Waals surface area contributed by atoms with E-state index in [9.17, 15) is 9.59 Å². The molecule has 42 heavy (non-hydrogen) atoms. The molecule has 2 aromatic heterocycles. The van der Waals surface area contributed by atoms with E-state index in [1.165, 1.54) is 0 Å². The lowest BCUT2D eigenvalue weighted by Crippen LogP contribution is -2.29. The zero-order valence-corrected chi connectivity index (χ0v) is 23.4. The molecule has 0 aliphatic heterocycles. The van der Waals surface area contributed by atoms with Gasteiger partial charge in [-0.2, -0.15) is 0 Å². The van der Waals surface area contributed by atoms with E-state index in [-0.39, 0.29) is 24.1 Å².